The van der Waals surface area contributed by atoms with Crippen LogP contribution < -0.4 is 10.6 Å². The molecule has 1 heterocycles. The first-order chi connectivity index (χ1) is 23.1. The standard InChI is InChI=1S/C38H59N3O6S/c1-3-5-21-33(39-37(44)31(27-48(46,47)4-2)25-30-19-14-18-29-17-10-11-20-32(29)30)38(45)40-34(24-28-15-8-6-9-16-28)36(43)35(42)26-41-22-12-7-13-23-41/h10-11,14,17-20,28,31,33-36,42-43H,3-9,12-13,15-16,21-27H2,1-2H3,(H,39,44)(H,40,45)/t31-,33+,34+,35-,36-/m1/s1. The van der Waals surface area contributed by atoms with Crippen LogP contribution in [-0.4, -0.2) is 90.8 Å². The van der Waals surface area contributed by atoms with Crippen LogP contribution in [0.25, 0.3) is 10.8 Å². The number of aliphatic hydroxyl groups is 2. The number of fused-ring (bicyclic) bond motifs is 1. The van der Waals surface area contributed by atoms with E-state index in [0.717, 1.165) is 74.4 Å². The van der Waals surface area contributed by atoms with Gasteiger partial charge in [-0.3, -0.25) is 9.59 Å². The third-order valence-corrected chi connectivity index (χ3v) is 12.2. The predicted molar refractivity (Wildman–Crippen MR) is 192 cm³/mol. The van der Waals surface area contributed by atoms with Crippen LogP contribution in [0.4, 0.5) is 0 Å². The molecule has 0 aromatic heterocycles. The molecule has 4 rings (SSSR count). The van der Waals surface area contributed by atoms with Crippen molar-refractivity contribution in [2.75, 3.05) is 31.1 Å². The van der Waals surface area contributed by atoms with Crippen LogP contribution >= 0.6 is 0 Å². The van der Waals surface area contributed by atoms with Gasteiger partial charge in [0.1, 0.15) is 12.1 Å². The Hall–Kier alpha value is -2.53. The van der Waals surface area contributed by atoms with Gasteiger partial charge in [0.2, 0.25) is 11.8 Å². The molecule has 268 valence electrons. The average Bonchev–Trinajstić information content (AvgIpc) is 3.10. The zero-order valence-electron chi connectivity index (χ0n) is 29.1. The van der Waals surface area contributed by atoms with Crippen LogP contribution in [0, 0.1) is 11.8 Å². The minimum atomic E-state index is -3.50. The molecular weight excluding hydrogens is 627 g/mol. The van der Waals surface area contributed by atoms with E-state index in [1.54, 1.807) is 6.92 Å². The van der Waals surface area contributed by atoms with Crippen molar-refractivity contribution in [1.82, 2.24) is 15.5 Å². The van der Waals surface area contributed by atoms with Gasteiger partial charge in [0, 0.05) is 12.3 Å². The summed E-state index contributed by atoms with van der Waals surface area (Å²) in [6.45, 7) is 5.73. The van der Waals surface area contributed by atoms with Crippen molar-refractivity contribution in [2.24, 2.45) is 11.8 Å². The predicted octanol–water partition coefficient (Wildman–Crippen LogP) is 4.77. The number of benzene rings is 2. The van der Waals surface area contributed by atoms with Crippen molar-refractivity contribution in [2.45, 2.75) is 122 Å². The maximum atomic E-state index is 14.0. The topological polar surface area (TPSA) is 136 Å². The van der Waals surface area contributed by atoms with Gasteiger partial charge in [-0.25, -0.2) is 8.42 Å². The van der Waals surface area contributed by atoms with Gasteiger partial charge in [-0.15, -0.1) is 0 Å². The van der Waals surface area contributed by atoms with Gasteiger partial charge in [0.15, 0.2) is 9.84 Å². The van der Waals surface area contributed by atoms with Crippen molar-refractivity contribution < 1.29 is 28.2 Å². The first-order valence-corrected chi connectivity index (χ1v) is 20.3. The molecule has 2 aliphatic rings. The van der Waals surface area contributed by atoms with E-state index < -0.39 is 51.9 Å². The smallest absolute Gasteiger partial charge is 0.242 e. The van der Waals surface area contributed by atoms with Crippen molar-refractivity contribution >= 4 is 32.4 Å². The van der Waals surface area contributed by atoms with E-state index in [2.05, 4.69) is 15.5 Å². The minimum absolute atomic E-state index is 0.0768. The van der Waals surface area contributed by atoms with E-state index >= 15 is 0 Å². The van der Waals surface area contributed by atoms with Crippen molar-refractivity contribution in [1.29, 1.82) is 0 Å². The molecule has 4 N–H and O–H groups in total. The number of piperidine rings is 1. The maximum absolute atomic E-state index is 14.0. The highest BCUT2D eigenvalue weighted by Gasteiger charge is 2.35. The van der Waals surface area contributed by atoms with Crippen LogP contribution in [0.3, 0.4) is 0 Å². The van der Waals surface area contributed by atoms with E-state index in [1.807, 2.05) is 49.4 Å². The Morgan fingerprint density at radius 3 is 2.29 bits per heavy atom. The molecule has 1 saturated heterocycles. The number of nitrogens with one attached hydrogen (secondary N) is 2. The van der Waals surface area contributed by atoms with E-state index in [9.17, 15) is 28.2 Å². The van der Waals surface area contributed by atoms with Crippen LogP contribution in [-0.2, 0) is 25.8 Å². The molecule has 2 aromatic carbocycles. The quantitative estimate of drug-likeness (QED) is 0.178. The fourth-order valence-electron chi connectivity index (χ4n) is 7.49. The lowest BCUT2D eigenvalue weighted by molar-refractivity contribution is -0.132. The monoisotopic (exact) mass is 685 g/mol. The fraction of sp³-hybridized carbons (Fsp3) is 0.684. The number of likely N-dealkylation sites (tertiary alicyclic amines) is 1. The van der Waals surface area contributed by atoms with Crippen molar-refractivity contribution in [3.8, 4) is 0 Å². The number of sulfone groups is 1. The average molecular weight is 686 g/mol. The molecule has 5 atom stereocenters. The van der Waals surface area contributed by atoms with E-state index in [1.165, 1.54) is 12.8 Å². The van der Waals surface area contributed by atoms with Crippen LogP contribution in [0.15, 0.2) is 42.5 Å². The zero-order valence-corrected chi connectivity index (χ0v) is 29.9. The number of amides is 2. The summed E-state index contributed by atoms with van der Waals surface area (Å²) in [5.74, 6) is -1.80. The Morgan fingerprint density at radius 2 is 1.58 bits per heavy atom. The second-order valence-corrected chi connectivity index (χ2v) is 16.6. The number of carbonyl (C=O) groups excluding carboxylic acids is 2. The molecule has 1 aliphatic carbocycles. The number of unbranched alkanes of at least 4 members (excludes halogenated alkanes) is 1. The van der Waals surface area contributed by atoms with E-state index in [0.29, 0.717) is 31.7 Å². The third kappa shape index (κ3) is 11.5. The molecule has 10 heteroatoms. The van der Waals surface area contributed by atoms with Crippen LogP contribution in [0.1, 0.15) is 96.5 Å². The summed E-state index contributed by atoms with van der Waals surface area (Å²) in [4.78, 5) is 30.2. The van der Waals surface area contributed by atoms with Gasteiger partial charge in [0.25, 0.3) is 0 Å². The molecule has 0 unspecified atom stereocenters. The summed E-state index contributed by atoms with van der Waals surface area (Å²) in [6, 6.07) is 12.1. The maximum Gasteiger partial charge on any atom is 0.242 e. The molecular formula is C38H59N3O6S. The lowest BCUT2D eigenvalue weighted by Crippen LogP contribution is -2.57. The SMILES string of the molecule is CCCC[C@H](NC(=O)[C@H](Cc1cccc2ccccc12)CS(=O)(=O)CC)C(=O)N[C@@H](CC1CCCCC1)[C@@H](O)[C@H](O)CN1CCCCC1. The van der Waals surface area contributed by atoms with Gasteiger partial charge in [0.05, 0.1) is 23.8 Å². The number of hydrogen-bond donors (Lipinski definition) is 4. The summed E-state index contributed by atoms with van der Waals surface area (Å²) in [7, 11) is -3.50. The molecule has 2 aromatic rings. The summed E-state index contributed by atoms with van der Waals surface area (Å²) in [5, 5.41) is 30.6. The summed E-state index contributed by atoms with van der Waals surface area (Å²) < 4.78 is 25.7. The van der Waals surface area contributed by atoms with Gasteiger partial charge in [-0.2, -0.15) is 0 Å². The third-order valence-electron chi connectivity index (χ3n) is 10.4. The lowest BCUT2D eigenvalue weighted by atomic mass is 9.83. The Kier molecular flexibility index (Phi) is 15.2. The fourth-order valence-corrected chi connectivity index (χ4v) is 8.60. The molecule has 1 saturated carbocycles. The summed E-state index contributed by atoms with van der Waals surface area (Å²) in [5.41, 5.74) is 0.882. The van der Waals surface area contributed by atoms with Gasteiger partial charge >= 0.3 is 0 Å². The molecule has 2 fully saturated rings. The Morgan fingerprint density at radius 1 is 0.896 bits per heavy atom. The first kappa shape index (κ1) is 38.3. The molecule has 0 bridgehead atoms. The molecule has 48 heavy (non-hydrogen) atoms. The second-order valence-electron chi connectivity index (χ2n) is 14.2. The molecule has 9 nitrogen and oxygen atoms in total. The minimum Gasteiger partial charge on any atom is -0.389 e. The van der Waals surface area contributed by atoms with Crippen molar-refractivity contribution in [3.63, 3.8) is 0 Å². The van der Waals surface area contributed by atoms with E-state index in [4.69, 9.17) is 0 Å². The number of β-amino-alcohol motifs (C(OH)–C–C–N with tert-alkyl or cyclic N) is 1. The zero-order chi connectivity index (χ0) is 34.5. The summed E-state index contributed by atoms with van der Waals surface area (Å²) in [6.07, 6.45) is 9.32. The highest BCUT2D eigenvalue weighted by Crippen LogP contribution is 2.29. The number of aliphatic hydroxyl groups excluding tert-OH is 2. The highest BCUT2D eigenvalue weighted by atomic mass is 32.2. The molecule has 0 radical (unpaired) electrons. The van der Waals surface area contributed by atoms with E-state index in [-0.39, 0.29) is 17.9 Å². The van der Waals surface area contributed by atoms with Crippen molar-refractivity contribution in [3.05, 3.63) is 48.0 Å². The largest absolute Gasteiger partial charge is 0.389 e. The van der Waals surface area contributed by atoms with Crippen LogP contribution in [0.5, 0.6) is 0 Å². The number of rotatable bonds is 18. The number of carbonyl (C=O) groups is 2. The molecule has 0 spiro atoms. The molecule has 2 amide bonds. The second kappa shape index (κ2) is 19.0. The lowest BCUT2D eigenvalue weighted by Gasteiger charge is -2.35. The normalized spacial score (nSPS) is 19.7. The number of nitrogens with zero attached hydrogens (tertiary/aromatic N) is 1. The highest BCUT2D eigenvalue weighted by molar-refractivity contribution is 7.91. The number of hydrogen-bond acceptors (Lipinski definition) is 7. The Bertz CT molecular complexity index is 1400. The Labute approximate surface area is 288 Å². The van der Waals surface area contributed by atoms with Gasteiger partial charge in [-0.1, -0.05) is 108 Å². The van der Waals surface area contributed by atoms with Gasteiger partial charge in [-0.05, 0) is 67.4 Å². The van der Waals surface area contributed by atoms with Crippen LogP contribution in [0.2, 0.25) is 0 Å². The first-order valence-electron chi connectivity index (χ1n) is 18.5. The Balaban J connectivity index is 1.53. The van der Waals surface area contributed by atoms with Gasteiger partial charge < -0.3 is 25.7 Å². The summed E-state index contributed by atoms with van der Waals surface area (Å²) >= 11 is 0. The molecule has 1 aliphatic heterocycles.